The molecule has 0 unspecified atom stereocenters. The number of nitrogens with zero attached hydrogens (tertiary/aromatic N) is 3. The van der Waals surface area contributed by atoms with Gasteiger partial charge in [0.1, 0.15) is 5.82 Å². The van der Waals surface area contributed by atoms with Gasteiger partial charge in [0.15, 0.2) is 5.82 Å². The van der Waals surface area contributed by atoms with E-state index in [2.05, 4.69) is 29.4 Å². The van der Waals surface area contributed by atoms with Crippen LogP contribution in [0, 0.1) is 0 Å². The Labute approximate surface area is 153 Å². The van der Waals surface area contributed by atoms with Gasteiger partial charge in [0.05, 0.1) is 5.52 Å². The highest BCUT2D eigenvalue weighted by atomic mass is 15.0. The Morgan fingerprint density at radius 3 is 2.62 bits per heavy atom. The van der Waals surface area contributed by atoms with Crippen LogP contribution >= 0.6 is 0 Å². The van der Waals surface area contributed by atoms with E-state index >= 15 is 0 Å². The summed E-state index contributed by atoms with van der Waals surface area (Å²) in [6.07, 6.45) is 5.21. The number of para-hydroxylation sites is 1. The molecular formula is C22H22N4. The predicted octanol–water partition coefficient (Wildman–Crippen LogP) is 5.24. The zero-order valence-corrected chi connectivity index (χ0v) is 14.9. The maximum atomic E-state index is 4.83. The minimum Gasteiger partial charge on any atom is -0.343 e. The molecule has 2 aromatic carbocycles. The number of benzene rings is 2. The Kier molecular flexibility index (Phi) is 4.73. The largest absolute Gasteiger partial charge is 0.343 e. The van der Waals surface area contributed by atoms with Gasteiger partial charge in [-0.25, -0.2) is 9.97 Å². The van der Waals surface area contributed by atoms with Crippen molar-refractivity contribution >= 4 is 22.4 Å². The predicted molar refractivity (Wildman–Crippen MR) is 109 cm³/mol. The molecule has 0 radical (unpaired) electrons. The first kappa shape index (κ1) is 16.5. The normalized spacial score (nSPS) is 14.0. The molecule has 2 heterocycles. The van der Waals surface area contributed by atoms with E-state index in [0.717, 1.165) is 53.9 Å². The maximum absolute atomic E-state index is 4.83. The number of fused-ring (bicyclic) bond motifs is 1. The highest BCUT2D eigenvalue weighted by Crippen LogP contribution is 2.26. The molecule has 0 atom stereocenters. The van der Waals surface area contributed by atoms with Crippen LogP contribution in [0.15, 0.2) is 71.4 Å². The van der Waals surface area contributed by atoms with Crippen molar-refractivity contribution in [2.75, 3.05) is 11.9 Å². The zero-order chi connectivity index (χ0) is 17.8. The van der Waals surface area contributed by atoms with E-state index in [0.29, 0.717) is 0 Å². The average Bonchev–Trinajstić information content (AvgIpc) is 2.69. The fourth-order valence-corrected chi connectivity index (χ4v) is 3.19. The smallest absolute Gasteiger partial charge is 0.162 e. The third-order valence-corrected chi connectivity index (χ3v) is 4.46. The molecule has 0 aliphatic carbocycles. The first-order valence-electron chi connectivity index (χ1n) is 9.16. The number of aliphatic imine (C=N–C) groups is 1. The van der Waals surface area contributed by atoms with Gasteiger partial charge < -0.3 is 5.32 Å². The summed E-state index contributed by atoms with van der Waals surface area (Å²) in [6.45, 7) is 3.02. The van der Waals surface area contributed by atoms with Crippen LogP contribution in [0.4, 0.5) is 5.82 Å². The van der Waals surface area contributed by atoms with Gasteiger partial charge in [-0.1, -0.05) is 55.8 Å². The van der Waals surface area contributed by atoms with Gasteiger partial charge in [-0.2, -0.15) is 0 Å². The van der Waals surface area contributed by atoms with Gasteiger partial charge in [0.25, 0.3) is 0 Å². The molecule has 0 fully saturated rings. The Morgan fingerprint density at radius 2 is 1.77 bits per heavy atom. The summed E-state index contributed by atoms with van der Waals surface area (Å²) in [5.74, 6) is 1.60. The summed E-state index contributed by atoms with van der Waals surface area (Å²) in [5.41, 5.74) is 4.31. The lowest BCUT2D eigenvalue weighted by Gasteiger charge is -2.16. The van der Waals surface area contributed by atoms with Crippen LogP contribution in [0.3, 0.4) is 0 Å². The summed E-state index contributed by atoms with van der Waals surface area (Å²) >= 11 is 0. The third kappa shape index (κ3) is 3.49. The van der Waals surface area contributed by atoms with E-state index in [1.807, 2.05) is 48.5 Å². The number of nitrogens with one attached hydrogen (secondary N) is 1. The van der Waals surface area contributed by atoms with Crippen LogP contribution in [0.1, 0.15) is 26.2 Å². The van der Waals surface area contributed by atoms with E-state index in [1.165, 1.54) is 11.4 Å². The second-order valence-electron chi connectivity index (χ2n) is 6.45. The monoisotopic (exact) mass is 342 g/mol. The highest BCUT2D eigenvalue weighted by Gasteiger charge is 2.12. The van der Waals surface area contributed by atoms with Crippen LogP contribution in [-0.4, -0.2) is 22.2 Å². The van der Waals surface area contributed by atoms with Crippen LogP contribution in [0.5, 0.6) is 0 Å². The summed E-state index contributed by atoms with van der Waals surface area (Å²) < 4.78 is 0. The van der Waals surface area contributed by atoms with Crippen LogP contribution in [-0.2, 0) is 0 Å². The van der Waals surface area contributed by atoms with Gasteiger partial charge in [-0.3, -0.25) is 4.99 Å². The molecule has 1 N–H and O–H groups in total. The van der Waals surface area contributed by atoms with Crippen molar-refractivity contribution in [3.8, 4) is 11.4 Å². The first-order valence-corrected chi connectivity index (χ1v) is 9.16. The molecule has 1 aliphatic heterocycles. The molecule has 3 aromatic rings. The fourth-order valence-electron chi connectivity index (χ4n) is 3.19. The van der Waals surface area contributed by atoms with Crippen molar-refractivity contribution in [2.24, 2.45) is 4.99 Å². The van der Waals surface area contributed by atoms with E-state index in [4.69, 9.17) is 9.97 Å². The molecule has 0 saturated carbocycles. The molecule has 1 aliphatic rings. The second kappa shape index (κ2) is 7.48. The maximum Gasteiger partial charge on any atom is 0.162 e. The van der Waals surface area contributed by atoms with E-state index < -0.39 is 0 Å². The van der Waals surface area contributed by atoms with Crippen molar-refractivity contribution in [2.45, 2.75) is 26.2 Å². The summed E-state index contributed by atoms with van der Waals surface area (Å²) in [5, 5.41) is 4.59. The highest BCUT2D eigenvalue weighted by molar-refractivity contribution is 5.97. The lowest BCUT2D eigenvalue weighted by molar-refractivity contribution is 0.906. The zero-order valence-electron chi connectivity index (χ0n) is 14.9. The second-order valence-corrected chi connectivity index (χ2v) is 6.45. The van der Waals surface area contributed by atoms with E-state index in [1.54, 1.807) is 0 Å². The molecule has 4 nitrogen and oxygen atoms in total. The van der Waals surface area contributed by atoms with Crippen LogP contribution in [0.2, 0.25) is 0 Å². The van der Waals surface area contributed by atoms with Gasteiger partial charge in [-0.05, 0) is 24.6 Å². The topological polar surface area (TPSA) is 50.2 Å². The number of hydrogen-bond acceptors (Lipinski definition) is 4. The number of allylic oxidation sites excluding steroid dienone is 1. The summed E-state index contributed by atoms with van der Waals surface area (Å²) in [6, 6.07) is 18.3. The van der Waals surface area contributed by atoms with Crippen molar-refractivity contribution in [1.29, 1.82) is 0 Å². The number of aromatic nitrogens is 2. The molecule has 26 heavy (non-hydrogen) atoms. The number of dihydropyridines is 1. The molecule has 4 rings (SSSR count). The van der Waals surface area contributed by atoms with Gasteiger partial charge in [0, 0.05) is 35.3 Å². The fraction of sp³-hybridized carbons (Fsp3) is 0.227. The molecule has 130 valence electrons. The molecule has 1 aromatic heterocycles. The number of hydrogen-bond donors (Lipinski definition) is 1. The van der Waals surface area contributed by atoms with Gasteiger partial charge in [0.2, 0.25) is 0 Å². The van der Waals surface area contributed by atoms with E-state index in [-0.39, 0.29) is 0 Å². The van der Waals surface area contributed by atoms with E-state index in [9.17, 15) is 0 Å². The standard InChI is InChI=1S/C22H22N4/c1-2-8-17-15-18(13-14-23-17)24-22-19-11-6-7-12-20(19)25-21(26-22)16-9-4-3-5-10-16/h3-7,9-12,15H,2,8,13-14H2,1H3,(H,24,25,26). The van der Waals surface area contributed by atoms with Gasteiger partial charge in [-0.15, -0.1) is 0 Å². The summed E-state index contributed by atoms with van der Waals surface area (Å²) in [7, 11) is 0. The third-order valence-electron chi connectivity index (χ3n) is 4.46. The Bertz CT molecular complexity index is 974. The first-order chi connectivity index (χ1) is 12.8. The quantitative estimate of drug-likeness (QED) is 0.690. The van der Waals surface area contributed by atoms with Crippen LogP contribution < -0.4 is 5.32 Å². The molecule has 0 saturated heterocycles. The lowest BCUT2D eigenvalue weighted by atomic mass is 10.1. The number of anilines is 1. The van der Waals surface area contributed by atoms with Crippen LogP contribution in [0.25, 0.3) is 22.3 Å². The molecule has 0 bridgehead atoms. The average molecular weight is 342 g/mol. The Morgan fingerprint density at radius 1 is 0.962 bits per heavy atom. The van der Waals surface area contributed by atoms with Crippen molar-refractivity contribution in [3.05, 3.63) is 66.4 Å². The molecule has 4 heteroatoms. The number of rotatable bonds is 5. The van der Waals surface area contributed by atoms with Gasteiger partial charge >= 0.3 is 0 Å². The minimum absolute atomic E-state index is 0.741. The Hall–Kier alpha value is -3.01. The van der Waals surface area contributed by atoms with Crippen molar-refractivity contribution in [3.63, 3.8) is 0 Å². The molecule has 0 amide bonds. The Balaban J connectivity index is 1.75. The molecule has 0 spiro atoms. The SMILES string of the molecule is CCCC1=NCCC(Nc2nc(-c3ccccc3)nc3ccccc23)=C1. The summed E-state index contributed by atoms with van der Waals surface area (Å²) in [4.78, 5) is 14.2. The lowest BCUT2D eigenvalue weighted by Crippen LogP contribution is -2.12. The van der Waals surface area contributed by atoms with Crippen molar-refractivity contribution < 1.29 is 0 Å². The molecular weight excluding hydrogens is 320 g/mol. The van der Waals surface area contributed by atoms with Crippen molar-refractivity contribution in [1.82, 2.24) is 9.97 Å². The minimum atomic E-state index is 0.741.